The summed E-state index contributed by atoms with van der Waals surface area (Å²) in [4.78, 5) is 23.7. The first-order valence-electron chi connectivity index (χ1n) is 6.64. The molecule has 5 nitrogen and oxygen atoms in total. The Morgan fingerprint density at radius 1 is 1.21 bits per heavy atom. The number of ether oxygens (including phenoxy) is 1. The van der Waals surface area contributed by atoms with Crippen molar-refractivity contribution >= 4 is 21.6 Å². The molecule has 0 aromatic rings. The van der Waals surface area contributed by atoms with Crippen LogP contribution < -0.4 is 0 Å². The summed E-state index contributed by atoms with van der Waals surface area (Å²) in [6.45, 7) is 4.65. The molecule has 1 rings (SSSR count). The van der Waals surface area contributed by atoms with Gasteiger partial charge in [-0.1, -0.05) is 12.8 Å². The van der Waals surface area contributed by atoms with Gasteiger partial charge in [-0.2, -0.15) is 0 Å². The number of hydrogen-bond acceptors (Lipinski definition) is 5. The van der Waals surface area contributed by atoms with Crippen LogP contribution in [0.5, 0.6) is 0 Å². The van der Waals surface area contributed by atoms with Crippen LogP contribution in [0.25, 0.3) is 0 Å². The average Bonchev–Trinajstić information content (AvgIpc) is 2.82. The number of Topliss-reactive ketones (excluding diaryl/α,β-unsaturated/α-hetero) is 1. The summed E-state index contributed by atoms with van der Waals surface area (Å²) in [6.07, 6.45) is 3.02. The highest BCUT2D eigenvalue weighted by molar-refractivity contribution is 7.92. The van der Waals surface area contributed by atoms with Gasteiger partial charge in [0.1, 0.15) is 11.2 Å². The second-order valence-corrected chi connectivity index (χ2v) is 7.76. The second-order valence-electron chi connectivity index (χ2n) is 5.48. The molecule has 19 heavy (non-hydrogen) atoms. The van der Waals surface area contributed by atoms with Gasteiger partial charge in [-0.05, 0) is 33.6 Å². The molecule has 0 heterocycles. The molecule has 110 valence electrons. The average molecular weight is 290 g/mol. The molecule has 0 aromatic carbocycles. The first-order valence-corrected chi connectivity index (χ1v) is 8.35. The quantitative estimate of drug-likeness (QED) is 0.547. The maximum absolute atomic E-state index is 12.1. The number of esters is 1. The van der Waals surface area contributed by atoms with Crippen LogP contribution in [0.4, 0.5) is 0 Å². The zero-order valence-electron chi connectivity index (χ0n) is 11.8. The van der Waals surface area contributed by atoms with Crippen molar-refractivity contribution in [1.82, 2.24) is 0 Å². The molecule has 1 aliphatic rings. The SMILES string of the molecule is CCOC(=O)C(C)(C)C(=O)CS(=O)(=O)C1CCCC1. The monoisotopic (exact) mass is 290 g/mol. The minimum Gasteiger partial charge on any atom is -0.465 e. The molecule has 0 bridgehead atoms. The molecule has 0 amide bonds. The third kappa shape index (κ3) is 3.78. The summed E-state index contributed by atoms with van der Waals surface area (Å²) in [7, 11) is -3.45. The topological polar surface area (TPSA) is 77.5 Å². The lowest BCUT2D eigenvalue weighted by molar-refractivity contribution is -0.157. The molecule has 1 saturated carbocycles. The van der Waals surface area contributed by atoms with E-state index in [1.807, 2.05) is 0 Å². The molecule has 0 unspecified atom stereocenters. The van der Waals surface area contributed by atoms with Crippen LogP contribution in [0, 0.1) is 5.41 Å². The lowest BCUT2D eigenvalue weighted by Crippen LogP contribution is -2.40. The van der Waals surface area contributed by atoms with E-state index in [4.69, 9.17) is 4.74 Å². The molecule has 0 N–H and O–H groups in total. The van der Waals surface area contributed by atoms with Crippen molar-refractivity contribution in [2.75, 3.05) is 12.4 Å². The van der Waals surface area contributed by atoms with Crippen LogP contribution in [0.2, 0.25) is 0 Å². The first kappa shape index (κ1) is 16.1. The molecule has 0 aromatic heterocycles. The highest BCUT2D eigenvalue weighted by atomic mass is 32.2. The largest absolute Gasteiger partial charge is 0.465 e. The van der Waals surface area contributed by atoms with Crippen LogP contribution in [-0.2, 0) is 24.2 Å². The summed E-state index contributed by atoms with van der Waals surface area (Å²) < 4.78 is 29.0. The highest BCUT2D eigenvalue weighted by Gasteiger charge is 2.41. The molecular weight excluding hydrogens is 268 g/mol. The zero-order valence-corrected chi connectivity index (χ0v) is 12.6. The zero-order chi connectivity index (χ0) is 14.7. The van der Waals surface area contributed by atoms with Gasteiger partial charge in [-0.25, -0.2) is 8.42 Å². The van der Waals surface area contributed by atoms with Crippen molar-refractivity contribution in [2.24, 2.45) is 5.41 Å². The van der Waals surface area contributed by atoms with Crippen LogP contribution in [0.1, 0.15) is 46.5 Å². The van der Waals surface area contributed by atoms with Gasteiger partial charge in [0.15, 0.2) is 15.6 Å². The summed E-state index contributed by atoms with van der Waals surface area (Å²) in [5, 5.41) is -0.422. The smallest absolute Gasteiger partial charge is 0.319 e. The van der Waals surface area contributed by atoms with Crippen molar-refractivity contribution in [1.29, 1.82) is 0 Å². The molecular formula is C13H22O5S. The normalized spacial score (nSPS) is 17.4. The van der Waals surface area contributed by atoms with E-state index in [2.05, 4.69) is 0 Å². The predicted molar refractivity (Wildman–Crippen MR) is 71.5 cm³/mol. The van der Waals surface area contributed by atoms with E-state index in [0.717, 1.165) is 12.8 Å². The number of ketones is 1. The number of rotatable bonds is 6. The van der Waals surface area contributed by atoms with Crippen LogP contribution in [0.15, 0.2) is 0 Å². The number of carbonyl (C=O) groups excluding carboxylic acids is 2. The Hall–Kier alpha value is -0.910. The van der Waals surface area contributed by atoms with Gasteiger partial charge in [0.25, 0.3) is 0 Å². The van der Waals surface area contributed by atoms with E-state index in [-0.39, 0.29) is 6.61 Å². The Bertz CT molecular complexity index is 444. The van der Waals surface area contributed by atoms with Gasteiger partial charge >= 0.3 is 5.97 Å². The first-order chi connectivity index (χ1) is 8.71. The maximum atomic E-state index is 12.1. The Labute approximate surface area is 114 Å². The Balaban J connectivity index is 2.75. The van der Waals surface area contributed by atoms with Crippen molar-refractivity contribution < 1.29 is 22.7 Å². The van der Waals surface area contributed by atoms with Crippen molar-refractivity contribution in [2.45, 2.75) is 51.7 Å². The molecule has 6 heteroatoms. The summed E-state index contributed by atoms with van der Waals surface area (Å²) >= 11 is 0. The van der Waals surface area contributed by atoms with E-state index >= 15 is 0 Å². The van der Waals surface area contributed by atoms with E-state index in [1.165, 1.54) is 13.8 Å². The highest BCUT2D eigenvalue weighted by Crippen LogP contribution is 2.27. The van der Waals surface area contributed by atoms with Gasteiger partial charge in [0, 0.05) is 0 Å². The molecule has 0 atom stereocenters. The van der Waals surface area contributed by atoms with Gasteiger partial charge in [-0.3, -0.25) is 9.59 Å². The molecule has 0 spiro atoms. The summed E-state index contributed by atoms with van der Waals surface area (Å²) in [5.41, 5.74) is -1.40. The molecule has 0 radical (unpaired) electrons. The lowest BCUT2D eigenvalue weighted by Gasteiger charge is -2.21. The number of carbonyl (C=O) groups is 2. The minimum atomic E-state index is -3.45. The van der Waals surface area contributed by atoms with Gasteiger partial charge < -0.3 is 4.74 Å². The van der Waals surface area contributed by atoms with Crippen LogP contribution >= 0.6 is 0 Å². The maximum Gasteiger partial charge on any atom is 0.319 e. The Morgan fingerprint density at radius 2 is 1.74 bits per heavy atom. The third-order valence-corrected chi connectivity index (χ3v) is 5.78. The number of hydrogen-bond donors (Lipinski definition) is 0. The minimum absolute atomic E-state index is 0.172. The molecule has 1 aliphatic carbocycles. The molecule has 0 saturated heterocycles. The van der Waals surface area contributed by atoms with Crippen molar-refractivity contribution in [3.05, 3.63) is 0 Å². The van der Waals surface area contributed by atoms with E-state index < -0.39 is 38.0 Å². The lowest BCUT2D eigenvalue weighted by atomic mass is 9.89. The van der Waals surface area contributed by atoms with Crippen molar-refractivity contribution in [3.63, 3.8) is 0 Å². The molecule has 0 aliphatic heterocycles. The fourth-order valence-corrected chi connectivity index (χ4v) is 4.17. The van der Waals surface area contributed by atoms with E-state index in [9.17, 15) is 18.0 Å². The predicted octanol–water partition coefficient (Wildman–Crippen LogP) is 1.50. The second kappa shape index (κ2) is 6.03. The number of sulfone groups is 1. The summed E-state index contributed by atoms with van der Waals surface area (Å²) in [5.74, 6) is -1.82. The van der Waals surface area contributed by atoms with Crippen LogP contribution in [-0.4, -0.2) is 37.8 Å². The fraction of sp³-hybridized carbons (Fsp3) is 0.846. The van der Waals surface area contributed by atoms with Crippen LogP contribution in [0.3, 0.4) is 0 Å². The van der Waals surface area contributed by atoms with E-state index in [0.29, 0.717) is 12.8 Å². The Kier molecular flexibility index (Phi) is 5.12. The molecule has 1 fully saturated rings. The van der Waals surface area contributed by atoms with Crippen molar-refractivity contribution in [3.8, 4) is 0 Å². The Morgan fingerprint density at radius 3 is 2.21 bits per heavy atom. The van der Waals surface area contributed by atoms with Gasteiger partial charge in [0.2, 0.25) is 0 Å². The van der Waals surface area contributed by atoms with Gasteiger partial charge in [-0.15, -0.1) is 0 Å². The van der Waals surface area contributed by atoms with Gasteiger partial charge in [0.05, 0.1) is 11.9 Å². The fourth-order valence-electron chi connectivity index (χ4n) is 2.15. The standard InChI is InChI=1S/C13H22O5S/c1-4-18-12(15)13(2,3)11(14)9-19(16,17)10-7-5-6-8-10/h10H,4-9H2,1-3H3. The third-order valence-electron chi connectivity index (χ3n) is 3.63. The summed E-state index contributed by atoms with van der Waals surface area (Å²) in [6, 6.07) is 0. The van der Waals surface area contributed by atoms with E-state index in [1.54, 1.807) is 6.92 Å².